The summed E-state index contributed by atoms with van der Waals surface area (Å²) in [4.78, 5) is 3.56. The van der Waals surface area contributed by atoms with Crippen LogP contribution in [0.2, 0.25) is 0 Å². The molecule has 3 heterocycles. The number of thiophene rings is 1. The molecule has 6 aromatic carbocycles. The molecule has 0 bridgehead atoms. The van der Waals surface area contributed by atoms with Crippen molar-refractivity contribution >= 4 is 75.1 Å². The van der Waals surface area contributed by atoms with Crippen molar-refractivity contribution in [1.29, 1.82) is 0 Å². The topological polar surface area (TPSA) is 20.7 Å². The Hall–Kier alpha value is -4.86. The van der Waals surface area contributed by atoms with E-state index < -0.39 is 0 Å². The maximum absolute atomic E-state index is 3.56. The fraction of sp³-hybridized carbons (Fsp3) is 0.0769. The summed E-state index contributed by atoms with van der Waals surface area (Å²) in [7, 11) is 0. The normalized spacial score (nSPS) is 12.5. The summed E-state index contributed by atoms with van der Waals surface area (Å²) in [6.07, 6.45) is 0. The molecule has 3 aromatic heterocycles. The monoisotopic (exact) mass is 556 g/mol. The second-order valence-corrected chi connectivity index (χ2v) is 13.0. The van der Waals surface area contributed by atoms with E-state index in [4.69, 9.17) is 0 Å². The smallest absolute Gasteiger partial charge is 0.0647 e. The predicted octanol–water partition coefficient (Wildman–Crippen LogP) is 11.2. The standard InChI is InChI=1S/C39H28N2S/c1-39(2,26-17-20-38-32(23-26)29-11-5-8-14-37(29)42-38)41-35-13-7-4-10-28(35)31-22-25(16-19-36(31)41)24-15-18-34-30(21-24)27-9-3-6-12-33(27)40-34/h3-23,40H,1-2H3. The van der Waals surface area contributed by atoms with Gasteiger partial charge in [0, 0.05) is 63.8 Å². The van der Waals surface area contributed by atoms with Gasteiger partial charge in [-0.1, -0.05) is 72.8 Å². The first kappa shape index (κ1) is 23.8. The number of fused-ring (bicyclic) bond motifs is 9. The Kier molecular flexibility index (Phi) is 4.86. The summed E-state index contributed by atoms with van der Waals surface area (Å²) in [5, 5.41) is 7.80. The Bertz CT molecular complexity index is 2500. The van der Waals surface area contributed by atoms with E-state index in [0.717, 1.165) is 0 Å². The number of rotatable bonds is 3. The average molecular weight is 557 g/mol. The fourth-order valence-electron chi connectivity index (χ4n) is 7.02. The second kappa shape index (κ2) is 8.58. The van der Waals surface area contributed by atoms with Crippen LogP contribution in [-0.4, -0.2) is 9.55 Å². The molecule has 0 atom stereocenters. The lowest BCUT2D eigenvalue weighted by atomic mass is 9.92. The van der Waals surface area contributed by atoms with Gasteiger partial charge in [-0.2, -0.15) is 0 Å². The van der Waals surface area contributed by atoms with E-state index in [-0.39, 0.29) is 5.54 Å². The molecule has 0 aliphatic carbocycles. The molecule has 0 aliphatic heterocycles. The van der Waals surface area contributed by atoms with Crippen LogP contribution in [0.5, 0.6) is 0 Å². The van der Waals surface area contributed by atoms with E-state index in [1.807, 2.05) is 11.3 Å². The number of hydrogen-bond donors (Lipinski definition) is 1. The molecule has 9 rings (SSSR count). The van der Waals surface area contributed by atoms with E-state index in [2.05, 4.69) is 151 Å². The first-order chi connectivity index (χ1) is 20.6. The third-order valence-corrected chi connectivity index (χ3v) is 10.3. The van der Waals surface area contributed by atoms with E-state index in [1.165, 1.54) is 80.5 Å². The zero-order valence-corrected chi connectivity index (χ0v) is 24.3. The van der Waals surface area contributed by atoms with Crippen molar-refractivity contribution < 1.29 is 0 Å². The molecule has 200 valence electrons. The number of H-pyrrole nitrogens is 1. The van der Waals surface area contributed by atoms with Crippen molar-refractivity contribution in [2.75, 3.05) is 0 Å². The molecule has 0 radical (unpaired) electrons. The molecule has 42 heavy (non-hydrogen) atoms. The van der Waals surface area contributed by atoms with Crippen LogP contribution < -0.4 is 0 Å². The van der Waals surface area contributed by atoms with Crippen LogP contribution in [0.3, 0.4) is 0 Å². The largest absolute Gasteiger partial charge is 0.355 e. The molecule has 9 aromatic rings. The zero-order chi connectivity index (χ0) is 28.0. The Labute approximate surface area is 247 Å². The number of aromatic amines is 1. The molecule has 3 heteroatoms. The lowest BCUT2D eigenvalue weighted by Gasteiger charge is -2.30. The molecule has 1 N–H and O–H groups in total. The number of hydrogen-bond acceptors (Lipinski definition) is 1. The summed E-state index contributed by atoms with van der Waals surface area (Å²) >= 11 is 1.88. The lowest BCUT2D eigenvalue weighted by molar-refractivity contribution is 0.465. The Morgan fingerprint density at radius 3 is 2.02 bits per heavy atom. The number of nitrogens with one attached hydrogen (secondary N) is 1. The summed E-state index contributed by atoms with van der Waals surface area (Å²) in [5.41, 5.74) is 8.40. The molecule has 0 saturated carbocycles. The molecule has 0 saturated heterocycles. The maximum Gasteiger partial charge on any atom is 0.0647 e. The molecule has 0 amide bonds. The first-order valence-electron chi connectivity index (χ1n) is 14.5. The first-order valence-corrected chi connectivity index (χ1v) is 15.3. The van der Waals surface area contributed by atoms with Crippen molar-refractivity contribution in [1.82, 2.24) is 9.55 Å². The van der Waals surface area contributed by atoms with Gasteiger partial charge in [-0.05, 0) is 85.1 Å². The highest BCUT2D eigenvalue weighted by molar-refractivity contribution is 7.25. The van der Waals surface area contributed by atoms with E-state index in [0.29, 0.717) is 0 Å². The van der Waals surface area contributed by atoms with Crippen molar-refractivity contribution in [2.45, 2.75) is 19.4 Å². The van der Waals surface area contributed by atoms with Crippen LogP contribution in [0.4, 0.5) is 0 Å². The molecule has 0 fully saturated rings. The number of para-hydroxylation sites is 2. The minimum absolute atomic E-state index is 0.261. The maximum atomic E-state index is 3.56. The fourth-order valence-corrected chi connectivity index (χ4v) is 8.10. The SMILES string of the molecule is CC(C)(c1ccc2sc3ccccc3c2c1)n1c2ccccc2c2cc(-c3ccc4[nH]c5ccccc5c4c3)ccc21. The van der Waals surface area contributed by atoms with Crippen LogP contribution in [0, 0.1) is 0 Å². The van der Waals surface area contributed by atoms with Crippen LogP contribution >= 0.6 is 11.3 Å². The lowest BCUT2D eigenvalue weighted by Crippen LogP contribution is -2.27. The number of aromatic nitrogens is 2. The zero-order valence-electron chi connectivity index (χ0n) is 23.5. The van der Waals surface area contributed by atoms with Gasteiger partial charge >= 0.3 is 0 Å². The van der Waals surface area contributed by atoms with Gasteiger partial charge in [0.05, 0.1) is 5.54 Å². The van der Waals surface area contributed by atoms with Gasteiger partial charge < -0.3 is 9.55 Å². The van der Waals surface area contributed by atoms with Crippen LogP contribution in [-0.2, 0) is 5.54 Å². The van der Waals surface area contributed by atoms with Crippen molar-refractivity contribution in [3.63, 3.8) is 0 Å². The average Bonchev–Trinajstić information content (AvgIpc) is 3.69. The van der Waals surface area contributed by atoms with Gasteiger partial charge in [0.2, 0.25) is 0 Å². The van der Waals surface area contributed by atoms with Crippen LogP contribution in [0.25, 0.3) is 74.9 Å². The third-order valence-electron chi connectivity index (χ3n) is 9.15. The van der Waals surface area contributed by atoms with Gasteiger partial charge in [0.15, 0.2) is 0 Å². The van der Waals surface area contributed by atoms with Gasteiger partial charge in [0.1, 0.15) is 0 Å². The van der Waals surface area contributed by atoms with Gasteiger partial charge in [-0.3, -0.25) is 0 Å². The Morgan fingerprint density at radius 2 is 1.14 bits per heavy atom. The molecular weight excluding hydrogens is 529 g/mol. The molecule has 0 aliphatic rings. The molecule has 0 unspecified atom stereocenters. The minimum atomic E-state index is -0.261. The highest BCUT2D eigenvalue weighted by atomic mass is 32.1. The number of nitrogens with zero attached hydrogens (tertiary/aromatic N) is 1. The minimum Gasteiger partial charge on any atom is -0.355 e. The van der Waals surface area contributed by atoms with Crippen LogP contribution in [0.1, 0.15) is 19.4 Å². The van der Waals surface area contributed by atoms with Crippen LogP contribution in [0.15, 0.2) is 127 Å². The second-order valence-electron chi connectivity index (χ2n) is 11.9. The molecule has 0 spiro atoms. The van der Waals surface area contributed by atoms with Crippen molar-refractivity contribution in [2.24, 2.45) is 0 Å². The molecular formula is C39H28N2S. The summed E-state index contributed by atoms with van der Waals surface area (Å²) < 4.78 is 5.23. The Morgan fingerprint density at radius 1 is 0.500 bits per heavy atom. The third kappa shape index (κ3) is 3.32. The Balaban J connectivity index is 1.24. The van der Waals surface area contributed by atoms with E-state index in [1.54, 1.807) is 0 Å². The highest BCUT2D eigenvalue weighted by Gasteiger charge is 2.28. The summed E-state index contributed by atoms with van der Waals surface area (Å²) in [6, 6.07) is 47.0. The number of benzene rings is 6. The van der Waals surface area contributed by atoms with Gasteiger partial charge in [-0.15, -0.1) is 11.3 Å². The predicted molar refractivity (Wildman–Crippen MR) is 182 cm³/mol. The summed E-state index contributed by atoms with van der Waals surface area (Å²) in [5.74, 6) is 0. The van der Waals surface area contributed by atoms with E-state index in [9.17, 15) is 0 Å². The van der Waals surface area contributed by atoms with Crippen molar-refractivity contribution in [3.05, 3.63) is 133 Å². The van der Waals surface area contributed by atoms with Gasteiger partial charge in [-0.25, -0.2) is 0 Å². The van der Waals surface area contributed by atoms with E-state index >= 15 is 0 Å². The van der Waals surface area contributed by atoms with Gasteiger partial charge in [0.25, 0.3) is 0 Å². The quantitative estimate of drug-likeness (QED) is 0.223. The summed E-state index contributed by atoms with van der Waals surface area (Å²) in [6.45, 7) is 4.71. The highest BCUT2D eigenvalue weighted by Crippen LogP contribution is 2.42. The molecule has 2 nitrogen and oxygen atoms in total. The van der Waals surface area contributed by atoms with Crippen molar-refractivity contribution in [3.8, 4) is 11.1 Å².